The smallest absolute Gasteiger partial charge is 0.0555 e. The third kappa shape index (κ3) is 2.71. The molecule has 0 bridgehead atoms. The van der Waals surface area contributed by atoms with Gasteiger partial charge < -0.3 is 5.11 Å². The van der Waals surface area contributed by atoms with Crippen LogP contribution in [0.3, 0.4) is 0 Å². The van der Waals surface area contributed by atoms with Crippen LogP contribution in [0.4, 0.5) is 0 Å². The van der Waals surface area contributed by atoms with Crippen LogP contribution in [0.15, 0.2) is 0 Å². The zero-order valence-electron chi connectivity index (χ0n) is 10.0. The summed E-state index contributed by atoms with van der Waals surface area (Å²) in [7, 11) is 0. The zero-order chi connectivity index (χ0) is 10.8. The summed E-state index contributed by atoms with van der Waals surface area (Å²) in [6.07, 6.45) is 3.18. The molecule has 1 saturated carbocycles. The monoisotopic (exact) mass is 212 g/mol. The van der Waals surface area contributed by atoms with Crippen molar-refractivity contribution in [3.05, 3.63) is 0 Å². The van der Waals surface area contributed by atoms with Crippen LogP contribution < -0.4 is 0 Å². The SMILES string of the molecule is CC(C)N1CCN(C2CCC(O)C2)CC1. The normalized spacial score (nSPS) is 35.2. The van der Waals surface area contributed by atoms with Crippen LogP contribution in [-0.2, 0) is 0 Å². The fourth-order valence-corrected chi connectivity index (χ4v) is 2.89. The van der Waals surface area contributed by atoms with Gasteiger partial charge in [-0.15, -0.1) is 0 Å². The highest BCUT2D eigenvalue weighted by Gasteiger charge is 2.30. The number of rotatable bonds is 2. The summed E-state index contributed by atoms with van der Waals surface area (Å²) < 4.78 is 0. The van der Waals surface area contributed by atoms with Gasteiger partial charge in [0.15, 0.2) is 0 Å². The Hall–Kier alpha value is -0.120. The molecule has 2 fully saturated rings. The summed E-state index contributed by atoms with van der Waals surface area (Å²) in [5.74, 6) is 0. The minimum Gasteiger partial charge on any atom is -0.393 e. The van der Waals surface area contributed by atoms with E-state index in [0.29, 0.717) is 12.1 Å². The van der Waals surface area contributed by atoms with Gasteiger partial charge >= 0.3 is 0 Å². The van der Waals surface area contributed by atoms with Crippen molar-refractivity contribution in [2.24, 2.45) is 0 Å². The molecule has 0 aromatic rings. The molecule has 0 aromatic heterocycles. The maximum atomic E-state index is 9.53. The van der Waals surface area contributed by atoms with Crippen molar-refractivity contribution in [1.82, 2.24) is 9.80 Å². The van der Waals surface area contributed by atoms with Crippen molar-refractivity contribution in [3.63, 3.8) is 0 Å². The standard InChI is InChI=1S/C12H24N2O/c1-10(2)13-5-7-14(8-6-13)11-3-4-12(15)9-11/h10-12,15H,3-9H2,1-2H3. The minimum atomic E-state index is -0.0295. The van der Waals surface area contributed by atoms with E-state index in [9.17, 15) is 5.11 Å². The summed E-state index contributed by atoms with van der Waals surface area (Å²) in [5.41, 5.74) is 0. The predicted octanol–water partition coefficient (Wildman–Crippen LogP) is 0.926. The van der Waals surface area contributed by atoms with E-state index in [1.54, 1.807) is 0 Å². The molecule has 1 heterocycles. The van der Waals surface area contributed by atoms with E-state index in [-0.39, 0.29) is 6.10 Å². The average molecular weight is 212 g/mol. The van der Waals surface area contributed by atoms with E-state index in [4.69, 9.17) is 0 Å². The lowest BCUT2D eigenvalue weighted by Gasteiger charge is -2.39. The second-order valence-corrected chi connectivity index (χ2v) is 5.29. The molecule has 1 saturated heterocycles. The van der Waals surface area contributed by atoms with Crippen molar-refractivity contribution in [1.29, 1.82) is 0 Å². The van der Waals surface area contributed by atoms with Crippen LogP contribution in [0.1, 0.15) is 33.1 Å². The van der Waals surface area contributed by atoms with Gasteiger partial charge in [-0.2, -0.15) is 0 Å². The van der Waals surface area contributed by atoms with Gasteiger partial charge in [-0.3, -0.25) is 9.80 Å². The molecule has 3 heteroatoms. The molecular weight excluding hydrogens is 188 g/mol. The number of piperazine rings is 1. The summed E-state index contributed by atoms with van der Waals surface area (Å²) >= 11 is 0. The lowest BCUT2D eigenvalue weighted by atomic mass is 10.1. The second-order valence-electron chi connectivity index (χ2n) is 5.29. The van der Waals surface area contributed by atoms with E-state index in [2.05, 4.69) is 23.6 Å². The molecule has 1 aliphatic carbocycles. The first-order chi connectivity index (χ1) is 7.16. The Balaban J connectivity index is 1.78. The molecular formula is C12H24N2O. The third-order valence-electron chi connectivity index (χ3n) is 3.97. The molecule has 2 rings (SSSR count). The molecule has 0 radical (unpaired) electrons. The highest BCUT2D eigenvalue weighted by molar-refractivity contribution is 4.86. The average Bonchev–Trinajstić information content (AvgIpc) is 2.65. The molecule has 0 amide bonds. The van der Waals surface area contributed by atoms with E-state index >= 15 is 0 Å². The number of hydrogen-bond acceptors (Lipinski definition) is 3. The fourth-order valence-electron chi connectivity index (χ4n) is 2.89. The molecule has 1 N–H and O–H groups in total. The Morgan fingerprint density at radius 1 is 1.07 bits per heavy atom. The Morgan fingerprint density at radius 3 is 2.20 bits per heavy atom. The van der Waals surface area contributed by atoms with Gasteiger partial charge in [0.25, 0.3) is 0 Å². The van der Waals surface area contributed by atoms with Crippen LogP contribution in [-0.4, -0.2) is 59.3 Å². The first kappa shape index (κ1) is 11.4. The second kappa shape index (κ2) is 4.81. The molecule has 3 nitrogen and oxygen atoms in total. The maximum absolute atomic E-state index is 9.53. The van der Waals surface area contributed by atoms with Gasteiger partial charge in [-0.25, -0.2) is 0 Å². The first-order valence-corrected chi connectivity index (χ1v) is 6.33. The van der Waals surface area contributed by atoms with E-state index in [0.717, 1.165) is 12.8 Å². The number of nitrogens with zero attached hydrogens (tertiary/aromatic N) is 2. The van der Waals surface area contributed by atoms with Gasteiger partial charge in [0, 0.05) is 38.3 Å². The van der Waals surface area contributed by atoms with Gasteiger partial charge in [-0.1, -0.05) is 0 Å². The van der Waals surface area contributed by atoms with E-state index in [1.165, 1.54) is 32.6 Å². The summed E-state index contributed by atoms with van der Waals surface area (Å²) in [6, 6.07) is 1.34. The highest BCUT2D eigenvalue weighted by Crippen LogP contribution is 2.25. The predicted molar refractivity (Wildman–Crippen MR) is 61.9 cm³/mol. The lowest BCUT2D eigenvalue weighted by Crippen LogP contribution is -2.51. The molecule has 0 spiro atoms. The van der Waals surface area contributed by atoms with Gasteiger partial charge in [0.1, 0.15) is 0 Å². The largest absolute Gasteiger partial charge is 0.393 e. The Bertz CT molecular complexity index is 200. The molecule has 2 aliphatic rings. The molecule has 0 aromatic carbocycles. The van der Waals surface area contributed by atoms with Crippen LogP contribution in [0.2, 0.25) is 0 Å². The van der Waals surface area contributed by atoms with Crippen molar-refractivity contribution in [2.45, 2.75) is 51.3 Å². The maximum Gasteiger partial charge on any atom is 0.0555 e. The highest BCUT2D eigenvalue weighted by atomic mass is 16.3. The van der Waals surface area contributed by atoms with E-state index < -0.39 is 0 Å². The summed E-state index contributed by atoms with van der Waals surface area (Å²) in [5, 5.41) is 9.53. The Kier molecular flexibility index (Phi) is 3.65. The van der Waals surface area contributed by atoms with Crippen LogP contribution >= 0.6 is 0 Å². The van der Waals surface area contributed by atoms with Crippen molar-refractivity contribution < 1.29 is 5.11 Å². The van der Waals surface area contributed by atoms with Gasteiger partial charge in [0.05, 0.1) is 6.10 Å². The quantitative estimate of drug-likeness (QED) is 0.737. The van der Waals surface area contributed by atoms with Crippen LogP contribution in [0, 0.1) is 0 Å². The summed E-state index contributed by atoms with van der Waals surface area (Å²) in [4.78, 5) is 5.12. The lowest BCUT2D eigenvalue weighted by molar-refractivity contribution is 0.0734. The molecule has 1 aliphatic heterocycles. The van der Waals surface area contributed by atoms with Crippen molar-refractivity contribution >= 4 is 0 Å². The Morgan fingerprint density at radius 2 is 1.73 bits per heavy atom. The number of hydrogen-bond donors (Lipinski definition) is 1. The fraction of sp³-hybridized carbons (Fsp3) is 1.00. The third-order valence-corrected chi connectivity index (χ3v) is 3.97. The number of aliphatic hydroxyl groups excluding tert-OH is 1. The van der Waals surface area contributed by atoms with Crippen LogP contribution in [0.5, 0.6) is 0 Å². The first-order valence-electron chi connectivity index (χ1n) is 6.33. The molecule has 2 atom stereocenters. The molecule has 88 valence electrons. The van der Waals surface area contributed by atoms with Crippen molar-refractivity contribution in [2.75, 3.05) is 26.2 Å². The number of aliphatic hydroxyl groups is 1. The zero-order valence-corrected chi connectivity index (χ0v) is 10.0. The van der Waals surface area contributed by atoms with Gasteiger partial charge in [-0.05, 0) is 33.1 Å². The van der Waals surface area contributed by atoms with E-state index in [1.807, 2.05) is 0 Å². The topological polar surface area (TPSA) is 26.7 Å². The summed E-state index contributed by atoms with van der Waals surface area (Å²) in [6.45, 7) is 9.32. The molecule has 2 unspecified atom stereocenters. The molecule has 15 heavy (non-hydrogen) atoms. The Labute approximate surface area is 93.1 Å². The van der Waals surface area contributed by atoms with Crippen molar-refractivity contribution in [3.8, 4) is 0 Å². The van der Waals surface area contributed by atoms with Crippen LogP contribution in [0.25, 0.3) is 0 Å². The minimum absolute atomic E-state index is 0.0295. The van der Waals surface area contributed by atoms with Gasteiger partial charge in [0.2, 0.25) is 0 Å².